The van der Waals surface area contributed by atoms with Crippen LogP contribution in [-0.2, 0) is 22.4 Å². The fraction of sp³-hybridized carbons (Fsp3) is 0.556. The first-order valence-electron chi connectivity index (χ1n) is 7.89. The summed E-state index contributed by atoms with van der Waals surface area (Å²) in [6.45, 7) is 6.93. The van der Waals surface area contributed by atoms with Crippen molar-refractivity contribution in [3.05, 3.63) is 35.4 Å². The summed E-state index contributed by atoms with van der Waals surface area (Å²) in [5.41, 5.74) is 1.48. The second-order valence-electron chi connectivity index (χ2n) is 7.02. The van der Waals surface area contributed by atoms with E-state index in [1.165, 1.54) is 5.56 Å². The molecule has 0 bridgehead atoms. The zero-order chi connectivity index (χ0) is 16.3. The van der Waals surface area contributed by atoms with Gasteiger partial charge in [-0.2, -0.15) is 0 Å². The van der Waals surface area contributed by atoms with Gasteiger partial charge in [-0.3, -0.25) is 9.59 Å². The number of carboxylic acid groups (broad SMARTS) is 1. The summed E-state index contributed by atoms with van der Waals surface area (Å²) in [4.78, 5) is 25.2. The number of amides is 1. The van der Waals surface area contributed by atoms with Crippen molar-refractivity contribution >= 4 is 11.9 Å². The Kier molecular flexibility index (Phi) is 4.89. The number of carbonyl (C=O) groups is 2. The minimum atomic E-state index is -0.819. The molecule has 0 spiro atoms. The van der Waals surface area contributed by atoms with Gasteiger partial charge < -0.3 is 10.0 Å². The molecule has 0 aromatic heterocycles. The van der Waals surface area contributed by atoms with Crippen LogP contribution in [0.5, 0.6) is 0 Å². The van der Waals surface area contributed by atoms with E-state index in [0.29, 0.717) is 31.8 Å². The lowest BCUT2D eigenvalue weighted by Gasteiger charge is -2.20. The maximum absolute atomic E-state index is 12.3. The Bertz CT molecular complexity index is 550. The van der Waals surface area contributed by atoms with Crippen LogP contribution in [0, 0.1) is 11.3 Å². The molecular weight excluding hydrogens is 278 g/mol. The van der Waals surface area contributed by atoms with Crippen LogP contribution in [0.15, 0.2) is 24.3 Å². The molecule has 1 unspecified atom stereocenters. The van der Waals surface area contributed by atoms with Gasteiger partial charge >= 0.3 is 5.97 Å². The average molecular weight is 303 g/mol. The lowest BCUT2D eigenvalue weighted by atomic mass is 9.90. The van der Waals surface area contributed by atoms with Gasteiger partial charge in [-0.1, -0.05) is 38.1 Å². The van der Waals surface area contributed by atoms with E-state index in [4.69, 9.17) is 0 Å². The summed E-state index contributed by atoms with van der Waals surface area (Å²) in [5, 5.41) is 9.23. The van der Waals surface area contributed by atoms with Gasteiger partial charge in [0, 0.05) is 13.1 Å². The van der Waals surface area contributed by atoms with E-state index < -0.39 is 11.4 Å². The molecule has 1 N–H and O–H groups in total. The van der Waals surface area contributed by atoms with Crippen molar-refractivity contribution in [3.8, 4) is 0 Å². The molecule has 1 aromatic carbocycles. The largest absolute Gasteiger partial charge is 0.481 e. The fourth-order valence-corrected chi connectivity index (χ4v) is 2.90. The standard InChI is InChI=1S/C18H25NO3/c1-13(2)10-14-4-6-15(7-5-14)11-16(20)19-9-8-18(3,12-19)17(21)22/h4-7,13H,8-12H2,1-3H3,(H,21,22). The molecule has 1 aromatic rings. The molecule has 1 amide bonds. The summed E-state index contributed by atoms with van der Waals surface area (Å²) < 4.78 is 0. The predicted molar refractivity (Wildman–Crippen MR) is 85.6 cm³/mol. The van der Waals surface area contributed by atoms with Gasteiger partial charge in [0.1, 0.15) is 0 Å². The Hall–Kier alpha value is -1.84. The molecule has 1 heterocycles. The zero-order valence-electron chi connectivity index (χ0n) is 13.6. The number of likely N-dealkylation sites (tertiary alicyclic amines) is 1. The van der Waals surface area contributed by atoms with Crippen LogP contribution >= 0.6 is 0 Å². The molecule has 0 saturated carbocycles. The Morgan fingerprint density at radius 1 is 1.23 bits per heavy atom. The van der Waals surface area contributed by atoms with E-state index in [9.17, 15) is 14.7 Å². The molecule has 120 valence electrons. The van der Waals surface area contributed by atoms with Crippen molar-refractivity contribution in [2.45, 2.75) is 40.0 Å². The van der Waals surface area contributed by atoms with Gasteiger partial charge in [-0.05, 0) is 36.8 Å². The molecule has 4 heteroatoms. The molecule has 0 radical (unpaired) electrons. The van der Waals surface area contributed by atoms with Crippen LogP contribution in [0.4, 0.5) is 0 Å². The molecule has 1 aliphatic heterocycles. The normalized spacial score (nSPS) is 21.4. The monoisotopic (exact) mass is 303 g/mol. The van der Waals surface area contributed by atoms with Crippen molar-refractivity contribution in [1.29, 1.82) is 0 Å². The number of carbonyl (C=O) groups excluding carboxylic acids is 1. The second-order valence-corrected chi connectivity index (χ2v) is 7.02. The van der Waals surface area contributed by atoms with E-state index in [1.54, 1.807) is 11.8 Å². The van der Waals surface area contributed by atoms with E-state index in [0.717, 1.165) is 12.0 Å². The smallest absolute Gasteiger partial charge is 0.311 e. The van der Waals surface area contributed by atoms with Gasteiger partial charge in [-0.25, -0.2) is 0 Å². The average Bonchev–Trinajstić information content (AvgIpc) is 2.85. The first kappa shape index (κ1) is 16.5. The fourth-order valence-electron chi connectivity index (χ4n) is 2.90. The van der Waals surface area contributed by atoms with Gasteiger partial charge in [0.15, 0.2) is 0 Å². The predicted octanol–water partition coefficient (Wildman–Crippen LogP) is 2.75. The minimum absolute atomic E-state index is 0.0154. The van der Waals surface area contributed by atoms with E-state index in [-0.39, 0.29) is 5.91 Å². The number of nitrogens with zero attached hydrogens (tertiary/aromatic N) is 1. The van der Waals surface area contributed by atoms with Gasteiger partial charge in [-0.15, -0.1) is 0 Å². The van der Waals surface area contributed by atoms with Crippen molar-refractivity contribution in [2.24, 2.45) is 11.3 Å². The van der Waals surface area contributed by atoms with Crippen LogP contribution in [-0.4, -0.2) is 35.0 Å². The highest BCUT2D eigenvalue weighted by Crippen LogP contribution is 2.30. The highest BCUT2D eigenvalue weighted by molar-refractivity contribution is 5.82. The molecule has 1 saturated heterocycles. The highest BCUT2D eigenvalue weighted by atomic mass is 16.4. The molecule has 4 nitrogen and oxygen atoms in total. The summed E-state index contributed by atoms with van der Waals surface area (Å²) in [6, 6.07) is 8.16. The van der Waals surface area contributed by atoms with Crippen LogP contribution in [0.25, 0.3) is 0 Å². The van der Waals surface area contributed by atoms with E-state index in [2.05, 4.69) is 26.0 Å². The van der Waals surface area contributed by atoms with E-state index >= 15 is 0 Å². The van der Waals surface area contributed by atoms with Crippen molar-refractivity contribution in [2.75, 3.05) is 13.1 Å². The molecule has 1 fully saturated rings. The maximum Gasteiger partial charge on any atom is 0.311 e. The van der Waals surface area contributed by atoms with Crippen LogP contribution in [0.1, 0.15) is 38.3 Å². The van der Waals surface area contributed by atoms with Gasteiger partial charge in [0.25, 0.3) is 0 Å². The van der Waals surface area contributed by atoms with Crippen molar-refractivity contribution in [1.82, 2.24) is 4.90 Å². The summed E-state index contributed by atoms with van der Waals surface area (Å²) >= 11 is 0. The lowest BCUT2D eigenvalue weighted by Crippen LogP contribution is -2.35. The molecular formula is C18H25NO3. The Morgan fingerprint density at radius 2 is 1.82 bits per heavy atom. The third kappa shape index (κ3) is 3.87. The molecule has 1 atom stereocenters. The number of hydrogen-bond donors (Lipinski definition) is 1. The quantitative estimate of drug-likeness (QED) is 0.910. The number of aliphatic carboxylic acids is 1. The SMILES string of the molecule is CC(C)Cc1ccc(CC(=O)N2CCC(C)(C(=O)O)C2)cc1. The van der Waals surface area contributed by atoms with Crippen LogP contribution < -0.4 is 0 Å². The lowest BCUT2D eigenvalue weighted by molar-refractivity contribution is -0.147. The number of rotatable bonds is 5. The summed E-state index contributed by atoms with van der Waals surface area (Å²) in [6.07, 6.45) is 1.91. The second kappa shape index (κ2) is 6.51. The van der Waals surface area contributed by atoms with Crippen LogP contribution in [0.3, 0.4) is 0 Å². The first-order valence-corrected chi connectivity index (χ1v) is 7.89. The highest BCUT2D eigenvalue weighted by Gasteiger charge is 2.41. The Labute approximate surface area is 132 Å². The third-order valence-electron chi connectivity index (χ3n) is 4.36. The van der Waals surface area contributed by atoms with Crippen LogP contribution in [0.2, 0.25) is 0 Å². The van der Waals surface area contributed by atoms with Gasteiger partial charge in [0.05, 0.1) is 11.8 Å². The van der Waals surface area contributed by atoms with Crippen molar-refractivity contribution < 1.29 is 14.7 Å². The topological polar surface area (TPSA) is 57.6 Å². The molecule has 1 aliphatic rings. The Morgan fingerprint density at radius 3 is 2.32 bits per heavy atom. The number of hydrogen-bond acceptors (Lipinski definition) is 2. The van der Waals surface area contributed by atoms with E-state index in [1.807, 2.05) is 12.1 Å². The number of carboxylic acids is 1. The molecule has 2 rings (SSSR count). The van der Waals surface area contributed by atoms with Gasteiger partial charge in [0.2, 0.25) is 5.91 Å². The summed E-state index contributed by atoms with van der Waals surface area (Å²) in [5.74, 6) is -0.187. The maximum atomic E-state index is 12.3. The molecule has 22 heavy (non-hydrogen) atoms. The number of benzene rings is 1. The first-order chi connectivity index (χ1) is 10.3. The minimum Gasteiger partial charge on any atom is -0.481 e. The zero-order valence-corrected chi connectivity index (χ0v) is 13.6. The summed E-state index contributed by atoms with van der Waals surface area (Å²) in [7, 11) is 0. The third-order valence-corrected chi connectivity index (χ3v) is 4.36. The Balaban J connectivity index is 1.94. The molecule has 0 aliphatic carbocycles. The van der Waals surface area contributed by atoms with Crippen molar-refractivity contribution in [3.63, 3.8) is 0 Å².